The van der Waals surface area contributed by atoms with Crippen LogP contribution in [0.4, 0.5) is 0 Å². The molecule has 9 heteroatoms. The van der Waals surface area contributed by atoms with Crippen LogP contribution in [0.1, 0.15) is 27.0 Å². The van der Waals surface area contributed by atoms with Crippen LogP contribution in [0.15, 0.2) is 66.9 Å². The van der Waals surface area contributed by atoms with Gasteiger partial charge in [0.05, 0.1) is 0 Å². The predicted octanol–water partition coefficient (Wildman–Crippen LogP) is 2.54. The molecule has 1 aliphatic rings. The van der Waals surface area contributed by atoms with Crippen molar-refractivity contribution < 1.29 is 23.8 Å². The van der Waals surface area contributed by atoms with E-state index in [4.69, 9.17) is 14.2 Å². The van der Waals surface area contributed by atoms with Crippen molar-refractivity contribution >= 4 is 31.4 Å². The van der Waals surface area contributed by atoms with Gasteiger partial charge in [0.25, 0.3) is 0 Å². The van der Waals surface area contributed by atoms with Crippen LogP contribution < -0.4 is 4.46 Å². The summed E-state index contributed by atoms with van der Waals surface area (Å²) in [4.78, 5) is 25.1. The maximum atomic E-state index is 12.0. The minimum atomic E-state index is -0.734. The first-order valence-corrected chi connectivity index (χ1v) is 12.5. The van der Waals surface area contributed by atoms with Crippen LogP contribution in [0.2, 0.25) is 4.82 Å². The van der Waals surface area contributed by atoms with Crippen LogP contribution in [0.5, 0.6) is 0 Å². The third-order valence-electron chi connectivity index (χ3n) is 5.17. The molecule has 1 aromatic heterocycles. The second-order valence-corrected chi connectivity index (χ2v) is 10.3. The van der Waals surface area contributed by atoms with E-state index in [0.717, 1.165) is 10.0 Å². The molecule has 0 aliphatic carbocycles. The van der Waals surface area contributed by atoms with E-state index >= 15 is 0 Å². The third kappa shape index (κ3) is 5.50. The summed E-state index contributed by atoms with van der Waals surface area (Å²) < 4.78 is 18.7. The van der Waals surface area contributed by atoms with Gasteiger partial charge in [0, 0.05) is 0 Å². The summed E-state index contributed by atoms with van der Waals surface area (Å²) in [6.45, 7) is 4.48. The van der Waals surface area contributed by atoms with E-state index in [1.54, 1.807) is 13.1 Å². The number of rotatable bonds is 6. The van der Waals surface area contributed by atoms with Crippen molar-refractivity contribution in [3.05, 3.63) is 66.9 Å². The van der Waals surface area contributed by atoms with Gasteiger partial charge in [0.15, 0.2) is 0 Å². The molecule has 0 N–H and O–H groups in total. The molecule has 0 spiro atoms. The Morgan fingerprint density at radius 1 is 0.939 bits per heavy atom. The predicted molar refractivity (Wildman–Crippen MR) is 122 cm³/mol. The number of esters is 2. The maximum absolute atomic E-state index is 12.0. The Hall–Kier alpha value is -3.00. The fourth-order valence-corrected chi connectivity index (χ4v) is 6.43. The van der Waals surface area contributed by atoms with Crippen molar-refractivity contribution in [1.29, 1.82) is 0 Å². The quantitative estimate of drug-likeness (QED) is 0.369. The molecular formula is C24H25N3O5Se. The number of carbonyl (C=O) groups is 2. The summed E-state index contributed by atoms with van der Waals surface area (Å²) in [6.07, 6.45) is -0.880. The molecule has 2 aromatic carbocycles. The van der Waals surface area contributed by atoms with Crippen LogP contribution in [-0.4, -0.2) is 60.2 Å². The summed E-state index contributed by atoms with van der Waals surface area (Å²) in [5.41, 5.74) is 1.65. The Labute approximate surface area is 198 Å². The molecule has 172 valence electrons. The number of aromatic nitrogens is 3. The molecule has 3 aromatic rings. The Bertz CT molecular complexity index is 1090. The molecule has 0 saturated carbocycles. The van der Waals surface area contributed by atoms with Gasteiger partial charge in [-0.1, -0.05) is 0 Å². The zero-order valence-electron chi connectivity index (χ0n) is 18.5. The van der Waals surface area contributed by atoms with Crippen LogP contribution in [0.25, 0.3) is 11.3 Å². The summed E-state index contributed by atoms with van der Waals surface area (Å²) in [5.74, 6) is -0.905. The van der Waals surface area contributed by atoms with Crippen LogP contribution in [0, 0.1) is 0 Å². The zero-order chi connectivity index (χ0) is 23.4. The Balaban J connectivity index is 1.72. The molecule has 1 saturated heterocycles. The molecule has 1 aliphatic heterocycles. The fourth-order valence-electron chi connectivity index (χ4n) is 3.78. The van der Waals surface area contributed by atoms with E-state index in [1.165, 1.54) is 18.6 Å². The van der Waals surface area contributed by atoms with Crippen LogP contribution in [-0.2, 0) is 23.8 Å². The van der Waals surface area contributed by atoms with E-state index < -0.39 is 36.5 Å². The van der Waals surface area contributed by atoms with Gasteiger partial charge in [-0.15, -0.1) is 0 Å². The van der Waals surface area contributed by atoms with Gasteiger partial charge in [-0.3, -0.25) is 0 Å². The van der Waals surface area contributed by atoms with Gasteiger partial charge in [-0.2, -0.15) is 0 Å². The molecule has 33 heavy (non-hydrogen) atoms. The van der Waals surface area contributed by atoms with E-state index in [0.29, 0.717) is 5.69 Å². The average Bonchev–Trinajstić information content (AvgIpc) is 3.29. The van der Waals surface area contributed by atoms with Gasteiger partial charge < -0.3 is 0 Å². The topological polar surface area (TPSA) is 92.5 Å². The molecule has 4 rings (SSSR count). The van der Waals surface area contributed by atoms with E-state index in [1.807, 2.05) is 60.7 Å². The molecule has 0 radical (unpaired) electrons. The molecule has 1 fully saturated rings. The number of nitrogens with zero attached hydrogens (tertiary/aromatic N) is 3. The van der Waals surface area contributed by atoms with Crippen molar-refractivity contribution in [2.75, 3.05) is 0 Å². The van der Waals surface area contributed by atoms with Gasteiger partial charge >= 0.3 is 198 Å². The SMILES string of the molecule is CC(=O)O[C@@H]1[C@@H](OC(C)=O)[C@H](C)O[C@H](n2ncc(-c3ccccc3)n2)[C@H]1[Se]c1ccccc1. The van der Waals surface area contributed by atoms with Crippen molar-refractivity contribution in [3.8, 4) is 11.3 Å². The number of carbonyl (C=O) groups excluding carboxylic acids is 2. The molecule has 2 heterocycles. The van der Waals surface area contributed by atoms with Crippen molar-refractivity contribution in [1.82, 2.24) is 15.0 Å². The molecule has 0 bridgehead atoms. The monoisotopic (exact) mass is 515 g/mol. The number of benzene rings is 2. The summed E-state index contributed by atoms with van der Waals surface area (Å²) in [5, 5.41) is 9.16. The van der Waals surface area contributed by atoms with Crippen molar-refractivity contribution in [2.45, 2.75) is 50.1 Å². The average molecular weight is 514 g/mol. The normalized spacial score (nSPS) is 24.8. The fraction of sp³-hybridized carbons (Fsp3) is 0.333. The van der Waals surface area contributed by atoms with Crippen LogP contribution in [0.3, 0.4) is 0 Å². The molecule has 8 nitrogen and oxygen atoms in total. The summed E-state index contributed by atoms with van der Waals surface area (Å²) >= 11 is -0.203. The van der Waals surface area contributed by atoms with E-state index in [2.05, 4.69) is 10.2 Å². The summed E-state index contributed by atoms with van der Waals surface area (Å²) in [6, 6.07) is 19.7. The molecule has 0 amide bonds. The standard InChI is InChI=1S/C24H25N3O5Se/c1-15-21(31-16(2)28)22(32-17(3)29)23(33-19-12-8-5-9-13-19)24(30-15)27-25-14-20(26-27)18-10-6-4-7-11-18/h4-15,21-24H,1-3H3/t15-,21-,22+,23-,24-/m0/s1. The number of hydrogen-bond donors (Lipinski definition) is 0. The van der Waals surface area contributed by atoms with Gasteiger partial charge in [0.2, 0.25) is 0 Å². The molecular weight excluding hydrogens is 489 g/mol. The summed E-state index contributed by atoms with van der Waals surface area (Å²) in [7, 11) is 0. The first-order chi connectivity index (χ1) is 15.9. The number of hydrogen-bond acceptors (Lipinski definition) is 7. The van der Waals surface area contributed by atoms with Gasteiger partial charge in [-0.25, -0.2) is 0 Å². The molecule has 0 unspecified atom stereocenters. The second kappa shape index (κ2) is 10.3. The van der Waals surface area contributed by atoms with Gasteiger partial charge in [0.1, 0.15) is 0 Å². The van der Waals surface area contributed by atoms with E-state index in [-0.39, 0.29) is 19.8 Å². The van der Waals surface area contributed by atoms with E-state index in [9.17, 15) is 9.59 Å². The first-order valence-electron chi connectivity index (χ1n) is 10.6. The second-order valence-electron chi connectivity index (χ2n) is 7.69. The molecule has 5 atom stereocenters. The minimum absolute atomic E-state index is 0.203. The first kappa shape index (κ1) is 23.2. The van der Waals surface area contributed by atoms with Crippen LogP contribution >= 0.6 is 0 Å². The Kier molecular flexibility index (Phi) is 7.23. The Morgan fingerprint density at radius 3 is 2.18 bits per heavy atom. The third-order valence-corrected chi connectivity index (χ3v) is 7.93. The zero-order valence-corrected chi connectivity index (χ0v) is 20.2. The number of ether oxygens (including phenoxy) is 3. The Morgan fingerprint density at radius 2 is 1.55 bits per heavy atom. The van der Waals surface area contributed by atoms with Crippen molar-refractivity contribution in [2.24, 2.45) is 0 Å². The van der Waals surface area contributed by atoms with Crippen molar-refractivity contribution in [3.63, 3.8) is 0 Å². The van der Waals surface area contributed by atoms with Gasteiger partial charge in [-0.05, 0) is 0 Å².